The number of thioether (sulfide) groups is 1. The molecule has 0 saturated carbocycles. The summed E-state index contributed by atoms with van der Waals surface area (Å²) in [5.41, 5.74) is 3.16. The van der Waals surface area contributed by atoms with Crippen LogP contribution < -0.4 is 4.90 Å². The van der Waals surface area contributed by atoms with Crippen LogP contribution in [-0.2, 0) is 4.87 Å². The van der Waals surface area contributed by atoms with E-state index in [2.05, 4.69) is 11.0 Å². The fraction of sp³-hybridized carbons (Fsp3) is 0.235. The van der Waals surface area contributed by atoms with Gasteiger partial charge in [0, 0.05) is 22.8 Å². The molecule has 2 aromatic rings. The average Bonchev–Trinajstić information content (AvgIpc) is 3.04. The van der Waals surface area contributed by atoms with Gasteiger partial charge in [-0.15, -0.1) is 0 Å². The molecule has 0 radical (unpaired) electrons. The first-order valence-corrected chi connectivity index (χ1v) is 8.26. The first-order valence-electron chi connectivity index (χ1n) is 7.07. The summed E-state index contributed by atoms with van der Waals surface area (Å²) in [5, 5.41) is 0.925. The summed E-state index contributed by atoms with van der Waals surface area (Å²) < 4.78 is 0. The van der Waals surface area contributed by atoms with Crippen LogP contribution in [0.4, 0.5) is 5.69 Å². The SMILES string of the molecule is O=C1SC2(CCCN2c2ccc(Cl)cc2)c2ccccc21. The van der Waals surface area contributed by atoms with E-state index in [1.54, 1.807) is 0 Å². The standard InChI is InChI=1S/C17H14ClNOS/c18-12-6-8-13(9-7-12)19-11-3-10-17(19)15-5-2-1-4-14(15)16(20)21-17/h1-2,4-9H,3,10-11H2. The second kappa shape index (κ2) is 4.79. The van der Waals surface area contributed by atoms with Gasteiger partial charge < -0.3 is 4.90 Å². The maximum absolute atomic E-state index is 12.4. The van der Waals surface area contributed by atoms with Crippen LogP contribution in [0.5, 0.6) is 0 Å². The molecule has 2 heterocycles. The quantitative estimate of drug-likeness (QED) is 0.762. The highest BCUT2D eigenvalue weighted by Crippen LogP contribution is 2.56. The summed E-state index contributed by atoms with van der Waals surface area (Å²) in [6, 6.07) is 15.9. The summed E-state index contributed by atoms with van der Waals surface area (Å²) in [5.74, 6) is 0. The van der Waals surface area contributed by atoms with Crippen LogP contribution >= 0.6 is 23.4 Å². The van der Waals surface area contributed by atoms with Gasteiger partial charge in [-0.25, -0.2) is 0 Å². The van der Waals surface area contributed by atoms with E-state index >= 15 is 0 Å². The Kier molecular flexibility index (Phi) is 3.02. The van der Waals surface area contributed by atoms with Gasteiger partial charge in [0.05, 0.1) is 0 Å². The smallest absolute Gasteiger partial charge is 0.222 e. The summed E-state index contributed by atoms with van der Waals surface area (Å²) in [4.78, 5) is 14.5. The van der Waals surface area contributed by atoms with Crippen LogP contribution in [0.25, 0.3) is 0 Å². The topological polar surface area (TPSA) is 20.3 Å². The van der Waals surface area contributed by atoms with Crippen LogP contribution in [0.1, 0.15) is 28.8 Å². The zero-order valence-electron chi connectivity index (χ0n) is 11.4. The molecular weight excluding hydrogens is 302 g/mol. The lowest BCUT2D eigenvalue weighted by molar-refractivity contribution is 0.109. The zero-order chi connectivity index (χ0) is 14.4. The highest BCUT2D eigenvalue weighted by atomic mass is 35.5. The molecule has 0 aromatic heterocycles. The number of hydrogen-bond acceptors (Lipinski definition) is 3. The molecule has 0 amide bonds. The van der Waals surface area contributed by atoms with Gasteiger partial charge in [-0.1, -0.05) is 35.9 Å². The van der Waals surface area contributed by atoms with Gasteiger partial charge >= 0.3 is 0 Å². The zero-order valence-corrected chi connectivity index (χ0v) is 13.0. The number of rotatable bonds is 1. The van der Waals surface area contributed by atoms with Gasteiger partial charge in [0.25, 0.3) is 0 Å². The number of benzene rings is 2. The highest BCUT2D eigenvalue weighted by molar-refractivity contribution is 8.15. The van der Waals surface area contributed by atoms with Gasteiger partial charge in [-0.2, -0.15) is 0 Å². The normalized spacial score (nSPS) is 23.9. The van der Waals surface area contributed by atoms with E-state index in [1.165, 1.54) is 11.8 Å². The van der Waals surface area contributed by atoms with Crippen molar-refractivity contribution in [3.8, 4) is 0 Å². The third-order valence-electron chi connectivity index (χ3n) is 4.30. The second-order valence-corrected chi connectivity index (χ2v) is 7.14. The molecule has 1 saturated heterocycles. The third kappa shape index (κ3) is 1.91. The minimum Gasteiger partial charge on any atom is -0.352 e. The van der Waals surface area contributed by atoms with Crippen molar-refractivity contribution in [3.63, 3.8) is 0 Å². The first kappa shape index (κ1) is 13.2. The monoisotopic (exact) mass is 315 g/mol. The lowest BCUT2D eigenvalue weighted by atomic mass is 9.98. The van der Waals surface area contributed by atoms with Crippen molar-refractivity contribution in [2.45, 2.75) is 17.7 Å². The number of carbonyl (C=O) groups is 1. The minimum atomic E-state index is -0.235. The Bertz CT molecular complexity index is 715. The predicted molar refractivity (Wildman–Crippen MR) is 88.1 cm³/mol. The molecule has 0 bridgehead atoms. The molecule has 106 valence electrons. The molecule has 4 heteroatoms. The van der Waals surface area contributed by atoms with E-state index in [0.29, 0.717) is 0 Å². The largest absolute Gasteiger partial charge is 0.352 e. The summed E-state index contributed by atoms with van der Waals surface area (Å²) in [6.07, 6.45) is 2.10. The van der Waals surface area contributed by atoms with E-state index in [4.69, 9.17) is 11.6 Å². The molecule has 0 N–H and O–H groups in total. The summed E-state index contributed by atoms with van der Waals surface area (Å²) in [6.45, 7) is 0.968. The van der Waals surface area contributed by atoms with Crippen molar-refractivity contribution in [2.75, 3.05) is 11.4 Å². The molecule has 2 aliphatic heterocycles. The fourth-order valence-corrected chi connectivity index (χ4v) is 4.96. The predicted octanol–water partition coefficient (Wildman–Crippen LogP) is 4.68. The Morgan fingerprint density at radius 3 is 2.67 bits per heavy atom. The van der Waals surface area contributed by atoms with Crippen molar-refractivity contribution in [1.29, 1.82) is 0 Å². The van der Waals surface area contributed by atoms with Gasteiger partial charge in [-0.05, 0) is 54.4 Å². The molecule has 1 unspecified atom stereocenters. The van der Waals surface area contributed by atoms with Gasteiger partial charge in [0.1, 0.15) is 4.87 Å². The van der Waals surface area contributed by atoms with Crippen LogP contribution in [-0.4, -0.2) is 11.7 Å². The maximum Gasteiger partial charge on any atom is 0.222 e. The molecule has 1 spiro atoms. The van der Waals surface area contributed by atoms with Crippen LogP contribution in [0, 0.1) is 0 Å². The molecule has 0 aliphatic carbocycles. The Balaban J connectivity index is 1.84. The Morgan fingerprint density at radius 2 is 1.86 bits per heavy atom. The van der Waals surface area contributed by atoms with Crippen LogP contribution in [0.15, 0.2) is 48.5 Å². The number of hydrogen-bond donors (Lipinski definition) is 0. The lowest BCUT2D eigenvalue weighted by Gasteiger charge is -2.36. The van der Waals surface area contributed by atoms with Crippen molar-refractivity contribution in [1.82, 2.24) is 0 Å². The Hall–Kier alpha value is -1.45. The number of nitrogens with zero attached hydrogens (tertiary/aromatic N) is 1. The summed E-state index contributed by atoms with van der Waals surface area (Å²) >= 11 is 7.46. The van der Waals surface area contributed by atoms with Crippen LogP contribution in [0.3, 0.4) is 0 Å². The highest BCUT2D eigenvalue weighted by Gasteiger charge is 2.51. The minimum absolute atomic E-state index is 0.187. The van der Waals surface area contributed by atoms with Crippen molar-refractivity contribution in [2.24, 2.45) is 0 Å². The van der Waals surface area contributed by atoms with Gasteiger partial charge in [-0.3, -0.25) is 4.79 Å². The number of fused-ring (bicyclic) bond motifs is 2. The van der Waals surface area contributed by atoms with Crippen LogP contribution in [0.2, 0.25) is 5.02 Å². The number of anilines is 1. The molecule has 1 atom stereocenters. The molecule has 2 nitrogen and oxygen atoms in total. The van der Waals surface area contributed by atoms with Crippen molar-refractivity contribution < 1.29 is 4.79 Å². The van der Waals surface area contributed by atoms with Gasteiger partial charge in [0.15, 0.2) is 0 Å². The van der Waals surface area contributed by atoms with E-state index in [1.807, 2.05) is 42.5 Å². The fourth-order valence-electron chi connectivity index (χ4n) is 3.40. The number of carbonyl (C=O) groups excluding carboxylic acids is 1. The molecule has 2 aromatic carbocycles. The number of halogens is 1. The van der Waals surface area contributed by atoms with E-state index in [-0.39, 0.29) is 9.99 Å². The molecule has 2 aliphatic rings. The van der Waals surface area contributed by atoms with Gasteiger partial charge in [0.2, 0.25) is 5.12 Å². The van der Waals surface area contributed by atoms with E-state index < -0.39 is 0 Å². The average molecular weight is 316 g/mol. The second-order valence-electron chi connectivity index (χ2n) is 5.45. The Morgan fingerprint density at radius 1 is 1.10 bits per heavy atom. The van der Waals surface area contributed by atoms with Crippen molar-refractivity contribution >= 4 is 34.2 Å². The maximum atomic E-state index is 12.4. The molecule has 1 fully saturated rings. The lowest BCUT2D eigenvalue weighted by Crippen LogP contribution is -2.37. The summed E-state index contributed by atoms with van der Waals surface area (Å²) in [7, 11) is 0. The van der Waals surface area contributed by atoms with E-state index in [0.717, 1.165) is 41.2 Å². The molecule has 4 rings (SSSR count). The molecule has 21 heavy (non-hydrogen) atoms. The van der Waals surface area contributed by atoms with Crippen molar-refractivity contribution in [3.05, 3.63) is 64.7 Å². The first-order chi connectivity index (χ1) is 10.2. The van der Waals surface area contributed by atoms with E-state index in [9.17, 15) is 4.79 Å². The Labute approximate surface area is 133 Å². The third-order valence-corrected chi connectivity index (χ3v) is 5.94. The molecular formula is C17H14ClNOS.